The van der Waals surface area contributed by atoms with Crippen molar-refractivity contribution in [1.29, 1.82) is 0 Å². The highest BCUT2D eigenvalue weighted by Gasteiger charge is 2.23. The molecule has 0 spiro atoms. The van der Waals surface area contributed by atoms with Crippen LogP contribution in [-0.2, 0) is 6.42 Å². The number of nitrogens with zero attached hydrogens (tertiary/aromatic N) is 2. The molecule has 1 fully saturated rings. The Morgan fingerprint density at radius 3 is 3.00 bits per heavy atom. The van der Waals surface area contributed by atoms with Crippen LogP contribution in [0.4, 0.5) is 0 Å². The van der Waals surface area contributed by atoms with Crippen molar-refractivity contribution >= 4 is 11.5 Å². The fourth-order valence-corrected chi connectivity index (χ4v) is 2.02. The maximum absolute atomic E-state index is 5.86. The highest BCUT2D eigenvalue weighted by atomic mass is 32.1. The molecular weight excluding hydrogens is 182 g/mol. The summed E-state index contributed by atoms with van der Waals surface area (Å²) in [7, 11) is 0. The van der Waals surface area contributed by atoms with Gasteiger partial charge in [-0.25, -0.2) is 4.98 Å². The topological polar surface area (TPSA) is 51.8 Å². The summed E-state index contributed by atoms with van der Waals surface area (Å²) in [6.07, 6.45) is 4.72. The van der Waals surface area contributed by atoms with Crippen LogP contribution in [0.1, 0.15) is 43.1 Å². The van der Waals surface area contributed by atoms with E-state index in [-0.39, 0.29) is 6.04 Å². The molecule has 0 radical (unpaired) electrons. The second-order valence-electron chi connectivity index (χ2n) is 3.71. The minimum Gasteiger partial charge on any atom is -0.322 e. The summed E-state index contributed by atoms with van der Waals surface area (Å²) < 4.78 is 4.32. The number of nitrogens with two attached hydrogens (primary N) is 1. The van der Waals surface area contributed by atoms with Crippen molar-refractivity contribution in [3.05, 3.63) is 10.8 Å². The van der Waals surface area contributed by atoms with Crippen LogP contribution in [0.5, 0.6) is 0 Å². The van der Waals surface area contributed by atoms with E-state index in [2.05, 4.69) is 16.3 Å². The molecule has 1 aromatic heterocycles. The van der Waals surface area contributed by atoms with Crippen LogP contribution >= 0.6 is 11.5 Å². The van der Waals surface area contributed by atoms with E-state index >= 15 is 0 Å². The highest BCUT2D eigenvalue weighted by molar-refractivity contribution is 7.05. The Labute approximate surface area is 82.5 Å². The molecule has 1 aromatic rings. The second kappa shape index (κ2) is 3.72. The highest BCUT2D eigenvalue weighted by Crippen LogP contribution is 2.32. The monoisotopic (exact) mass is 197 g/mol. The maximum Gasteiger partial charge on any atom is 0.142 e. The van der Waals surface area contributed by atoms with E-state index in [1.807, 2.05) is 0 Å². The molecule has 1 aliphatic carbocycles. The van der Waals surface area contributed by atoms with Crippen molar-refractivity contribution in [1.82, 2.24) is 9.36 Å². The summed E-state index contributed by atoms with van der Waals surface area (Å²) in [5.74, 6) is 1.87. The van der Waals surface area contributed by atoms with Gasteiger partial charge in [0.25, 0.3) is 0 Å². The van der Waals surface area contributed by atoms with E-state index in [4.69, 9.17) is 5.73 Å². The zero-order valence-electron chi connectivity index (χ0n) is 7.86. The summed E-state index contributed by atoms with van der Waals surface area (Å²) in [6.45, 7) is 2.08. The van der Waals surface area contributed by atoms with Gasteiger partial charge in [-0.2, -0.15) is 4.37 Å². The van der Waals surface area contributed by atoms with Crippen molar-refractivity contribution in [3.63, 3.8) is 0 Å². The molecule has 13 heavy (non-hydrogen) atoms. The molecule has 1 atom stereocenters. The lowest BCUT2D eigenvalue weighted by Gasteiger charge is -2.00. The molecule has 2 rings (SSSR count). The van der Waals surface area contributed by atoms with Gasteiger partial charge in [0.2, 0.25) is 0 Å². The second-order valence-corrected chi connectivity index (χ2v) is 4.49. The van der Waals surface area contributed by atoms with Crippen LogP contribution < -0.4 is 5.73 Å². The molecule has 1 aliphatic rings. The molecular formula is C9H15N3S. The van der Waals surface area contributed by atoms with Crippen LogP contribution in [0.15, 0.2) is 0 Å². The molecule has 72 valence electrons. The number of hydrogen-bond donors (Lipinski definition) is 1. The van der Waals surface area contributed by atoms with Crippen molar-refractivity contribution in [2.45, 2.75) is 38.6 Å². The lowest BCUT2D eigenvalue weighted by atomic mass is 10.2. The van der Waals surface area contributed by atoms with E-state index in [0.717, 1.165) is 29.6 Å². The fraction of sp³-hybridized carbons (Fsp3) is 0.778. The normalized spacial score (nSPS) is 18.9. The lowest BCUT2D eigenvalue weighted by Crippen LogP contribution is -2.08. The Morgan fingerprint density at radius 2 is 2.38 bits per heavy atom. The predicted molar refractivity (Wildman–Crippen MR) is 53.6 cm³/mol. The molecule has 1 heterocycles. The first-order chi connectivity index (χ1) is 6.29. The third kappa shape index (κ3) is 2.25. The summed E-state index contributed by atoms with van der Waals surface area (Å²) >= 11 is 1.47. The van der Waals surface area contributed by atoms with E-state index in [1.54, 1.807) is 0 Å². The van der Waals surface area contributed by atoms with E-state index < -0.39 is 0 Å². The Hall–Kier alpha value is -0.480. The Morgan fingerprint density at radius 1 is 1.62 bits per heavy atom. The maximum atomic E-state index is 5.86. The zero-order chi connectivity index (χ0) is 9.26. The smallest absolute Gasteiger partial charge is 0.142 e. The molecule has 3 nitrogen and oxygen atoms in total. The van der Waals surface area contributed by atoms with E-state index in [9.17, 15) is 0 Å². The molecule has 0 saturated heterocycles. The van der Waals surface area contributed by atoms with Crippen LogP contribution in [-0.4, -0.2) is 9.36 Å². The number of rotatable bonds is 4. The summed E-state index contributed by atoms with van der Waals surface area (Å²) in [4.78, 5) is 4.44. The Kier molecular flexibility index (Phi) is 2.60. The van der Waals surface area contributed by atoms with Crippen molar-refractivity contribution in [3.8, 4) is 0 Å². The molecule has 1 saturated carbocycles. The molecule has 4 heteroatoms. The Bertz CT molecular complexity index is 280. The molecule has 1 unspecified atom stereocenters. The van der Waals surface area contributed by atoms with Gasteiger partial charge in [0, 0.05) is 6.42 Å². The first-order valence-electron chi connectivity index (χ1n) is 4.87. The fourth-order valence-electron chi connectivity index (χ4n) is 1.26. The number of aromatic nitrogens is 2. The van der Waals surface area contributed by atoms with Gasteiger partial charge in [-0.05, 0) is 36.7 Å². The molecule has 0 amide bonds. The van der Waals surface area contributed by atoms with Crippen molar-refractivity contribution < 1.29 is 0 Å². The van der Waals surface area contributed by atoms with Gasteiger partial charge in [-0.1, -0.05) is 6.92 Å². The molecule has 0 aromatic carbocycles. The average Bonchev–Trinajstić information content (AvgIpc) is 2.81. The largest absolute Gasteiger partial charge is 0.322 e. The minimum atomic E-state index is 0.0884. The lowest BCUT2D eigenvalue weighted by molar-refractivity contribution is 0.683. The van der Waals surface area contributed by atoms with Gasteiger partial charge in [0.05, 0.1) is 6.04 Å². The third-order valence-electron chi connectivity index (χ3n) is 2.41. The Balaban J connectivity index is 1.99. The standard InChI is InChI=1S/C9H15N3S/c1-2-7(10)9-11-8(12-13-9)5-6-3-4-6/h6-7H,2-5,10H2,1H3. The number of hydrogen-bond acceptors (Lipinski definition) is 4. The van der Waals surface area contributed by atoms with Gasteiger partial charge < -0.3 is 5.73 Å². The molecule has 2 N–H and O–H groups in total. The van der Waals surface area contributed by atoms with Gasteiger partial charge >= 0.3 is 0 Å². The molecule has 0 bridgehead atoms. The van der Waals surface area contributed by atoms with E-state index in [0.29, 0.717) is 0 Å². The first-order valence-corrected chi connectivity index (χ1v) is 5.65. The SMILES string of the molecule is CCC(N)c1nc(CC2CC2)ns1. The van der Waals surface area contributed by atoms with E-state index in [1.165, 1.54) is 24.4 Å². The van der Waals surface area contributed by atoms with Gasteiger partial charge in [-0.15, -0.1) is 0 Å². The van der Waals surface area contributed by atoms with Gasteiger partial charge in [-0.3, -0.25) is 0 Å². The summed E-state index contributed by atoms with van der Waals surface area (Å²) in [5, 5.41) is 0.998. The first kappa shape index (κ1) is 9.09. The summed E-state index contributed by atoms with van der Waals surface area (Å²) in [5.41, 5.74) is 5.86. The van der Waals surface area contributed by atoms with Crippen LogP contribution in [0.2, 0.25) is 0 Å². The zero-order valence-corrected chi connectivity index (χ0v) is 8.68. The van der Waals surface area contributed by atoms with Crippen LogP contribution in [0, 0.1) is 5.92 Å². The average molecular weight is 197 g/mol. The molecule has 0 aliphatic heterocycles. The van der Waals surface area contributed by atoms with Gasteiger partial charge in [0.1, 0.15) is 10.8 Å². The predicted octanol–water partition coefficient (Wildman–Crippen LogP) is 1.90. The van der Waals surface area contributed by atoms with Gasteiger partial charge in [0.15, 0.2) is 0 Å². The minimum absolute atomic E-state index is 0.0884. The van der Waals surface area contributed by atoms with Crippen LogP contribution in [0.25, 0.3) is 0 Å². The van der Waals surface area contributed by atoms with Crippen molar-refractivity contribution in [2.24, 2.45) is 11.7 Å². The quantitative estimate of drug-likeness (QED) is 0.802. The van der Waals surface area contributed by atoms with Crippen LogP contribution in [0.3, 0.4) is 0 Å². The third-order valence-corrected chi connectivity index (χ3v) is 3.29. The van der Waals surface area contributed by atoms with Crippen molar-refractivity contribution in [2.75, 3.05) is 0 Å². The summed E-state index contributed by atoms with van der Waals surface area (Å²) in [6, 6.07) is 0.0884.